The van der Waals surface area contributed by atoms with Crippen LogP contribution in [0, 0.1) is 23.7 Å². The molecule has 5 rings (SSSR count). The van der Waals surface area contributed by atoms with E-state index in [0.717, 1.165) is 24.7 Å². The van der Waals surface area contributed by atoms with Gasteiger partial charge in [0.15, 0.2) is 0 Å². The maximum absolute atomic E-state index is 12.4. The van der Waals surface area contributed by atoms with Gasteiger partial charge in [-0.15, -0.1) is 0 Å². The van der Waals surface area contributed by atoms with Crippen LogP contribution in [0.4, 0.5) is 0 Å². The zero-order valence-electron chi connectivity index (χ0n) is 11.7. The Hall–Kier alpha value is -1.07. The summed E-state index contributed by atoms with van der Waals surface area (Å²) in [4.78, 5) is 0.163. The summed E-state index contributed by atoms with van der Waals surface area (Å²) in [6, 6.07) is 6.80. The molecule has 4 atom stereocenters. The van der Waals surface area contributed by atoms with Gasteiger partial charge in [-0.25, -0.2) is 4.18 Å². The maximum Gasteiger partial charge on any atom is 0.304 e. The quantitative estimate of drug-likeness (QED) is 0.692. The molecule has 0 N–H and O–H groups in total. The van der Waals surface area contributed by atoms with Crippen LogP contribution >= 0.6 is 0 Å². The molecule has 4 aliphatic rings. The van der Waals surface area contributed by atoms with Crippen LogP contribution in [0.15, 0.2) is 29.2 Å². The Labute approximate surface area is 124 Å². The monoisotopic (exact) mass is 306 g/mol. The number of fused-ring (bicyclic) bond motifs is 6. The normalized spacial score (nSPS) is 45.3. The van der Waals surface area contributed by atoms with Crippen LogP contribution in [-0.4, -0.2) is 14.2 Å². The summed E-state index contributed by atoms with van der Waals surface area (Å²) in [6.45, 7) is 0. The molecule has 1 aliphatic heterocycles. The van der Waals surface area contributed by atoms with Crippen molar-refractivity contribution in [1.82, 2.24) is 0 Å². The van der Waals surface area contributed by atoms with Gasteiger partial charge >= 0.3 is 10.1 Å². The lowest BCUT2D eigenvalue weighted by Crippen LogP contribution is -2.43. The molecular weight excluding hydrogens is 288 g/mol. The third-order valence-corrected chi connectivity index (χ3v) is 7.44. The Balaban J connectivity index is 1.55. The number of hydrogen-bond acceptors (Lipinski definition) is 4. The van der Waals surface area contributed by atoms with Crippen LogP contribution in [0.3, 0.4) is 0 Å². The topological polar surface area (TPSA) is 52.6 Å². The van der Waals surface area contributed by atoms with Gasteiger partial charge in [0.25, 0.3) is 0 Å². The second kappa shape index (κ2) is 3.82. The van der Waals surface area contributed by atoms with Gasteiger partial charge in [0.2, 0.25) is 5.79 Å². The van der Waals surface area contributed by atoms with E-state index < -0.39 is 15.9 Å². The molecule has 3 aliphatic carbocycles. The Kier molecular flexibility index (Phi) is 2.27. The standard InChI is InChI=1S/C16H18O4S/c17-21(18)15-4-2-1-3-14(15)19-16(20-21)8-12-10-5-6-11(7-10)13(12)9-16/h1-4,10-13H,5-9H2. The van der Waals surface area contributed by atoms with Gasteiger partial charge in [-0.1, -0.05) is 12.1 Å². The smallest absolute Gasteiger partial charge is 0.304 e. The maximum atomic E-state index is 12.4. The molecule has 21 heavy (non-hydrogen) atoms. The van der Waals surface area contributed by atoms with Crippen molar-refractivity contribution in [2.24, 2.45) is 23.7 Å². The zero-order valence-corrected chi connectivity index (χ0v) is 12.5. The Morgan fingerprint density at radius 1 is 1.05 bits per heavy atom. The fourth-order valence-electron chi connectivity index (χ4n) is 5.32. The van der Waals surface area contributed by atoms with E-state index in [0.29, 0.717) is 17.6 Å². The Bertz CT molecular complexity index is 693. The van der Waals surface area contributed by atoms with E-state index in [1.54, 1.807) is 18.2 Å². The van der Waals surface area contributed by atoms with Crippen molar-refractivity contribution in [1.29, 1.82) is 0 Å². The van der Waals surface area contributed by atoms with Crippen LogP contribution in [0.2, 0.25) is 0 Å². The fraction of sp³-hybridized carbons (Fsp3) is 0.625. The van der Waals surface area contributed by atoms with E-state index in [2.05, 4.69) is 0 Å². The molecule has 1 heterocycles. The molecule has 5 heteroatoms. The molecule has 2 bridgehead atoms. The fourth-order valence-corrected chi connectivity index (χ4v) is 6.58. The molecule has 1 spiro atoms. The average molecular weight is 306 g/mol. The van der Waals surface area contributed by atoms with Crippen molar-refractivity contribution < 1.29 is 17.3 Å². The highest BCUT2D eigenvalue weighted by Gasteiger charge is 2.61. The first kappa shape index (κ1) is 12.5. The van der Waals surface area contributed by atoms with Gasteiger partial charge in [0.05, 0.1) is 0 Å². The van der Waals surface area contributed by atoms with E-state index >= 15 is 0 Å². The molecule has 4 nitrogen and oxygen atoms in total. The summed E-state index contributed by atoms with van der Waals surface area (Å²) in [5.41, 5.74) is 0. The minimum absolute atomic E-state index is 0.163. The zero-order chi connectivity index (χ0) is 14.2. The molecule has 3 fully saturated rings. The molecule has 0 amide bonds. The van der Waals surface area contributed by atoms with Gasteiger partial charge in [-0.3, -0.25) is 0 Å². The van der Waals surface area contributed by atoms with Crippen molar-refractivity contribution in [3.8, 4) is 5.75 Å². The van der Waals surface area contributed by atoms with E-state index in [4.69, 9.17) is 8.92 Å². The van der Waals surface area contributed by atoms with Gasteiger partial charge < -0.3 is 4.74 Å². The summed E-state index contributed by atoms with van der Waals surface area (Å²) in [5.74, 6) is 2.20. The number of hydrogen-bond donors (Lipinski definition) is 0. The number of ether oxygens (including phenoxy) is 1. The molecule has 4 unspecified atom stereocenters. The first-order valence-corrected chi connectivity index (χ1v) is 9.21. The summed E-state index contributed by atoms with van der Waals surface area (Å²) < 4.78 is 36.5. The predicted octanol–water partition coefficient (Wildman–Crippen LogP) is 2.94. The van der Waals surface area contributed by atoms with Crippen molar-refractivity contribution in [3.63, 3.8) is 0 Å². The van der Waals surface area contributed by atoms with Gasteiger partial charge in [0.1, 0.15) is 10.6 Å². The first-order chi connectivity index (χ1) is 10.1. The molecule has 1 aromatic rings. The third kappa shape index (κ3) is 1.62. The molecule has 0 radical (unpaired) electrons. The molecule has 0 saturated heterocycles. The van der Waals surface area contributed by atoms with Crippen molar-refractivity contribution in [2.45, 2.75) is 42.8 Å². The van der Waals surface area contributed by atoms with Crippen LogP contribution in [0.25, 0.3) is 0 Å². The lowest BCUT2D eigenvalue weighted by atomic mass is 9.82. The highest BCUT2D eigenvalue weighted by molar-refractivity contribution is 7.87. The molecule has 112 valence electrons. The van der Waals surface area contributed by atoms with Crippen molar-refractivity contribution >= 4 is 10.1 Å². The van der Waals surface area contributed by atoms with Crippen LogP contribution in [0.5, 0.6) is 5.75 Å². The first-order valence-electron chi connectivity index (χ1n) is 7.80. The van der Waals surface area contributed by atoms with E-state index in [-0.39, 0.29) is 4.90 Å². The third-order valence-electron chi connectivity index (χ3n) is 6.04. The molecule has 3 saturated carbocycles. The predicted molar refractivity (Wildman–Crippen MR) is 75.1 cm³/mol. The van der Waals surface area contributed by atoms with Crippen LogP contribution in [-0.2, 0) is 14.3 Å². The number of rotatable bonds is 0. The van der Waals surface area contributed by atoms with Crippen molar-refractivity contribution in [2.75, 3.05) is 0 Å². The SMILES string of the molecule is O=S1(=O)OC2(CC3C4CCC(C4)C3C2)Oc2ccccc21. The van der Waals surface area contributed by atoms with Gasteiger partial charge in [-0.05, 0) is 55.1 Å². The summed E-state index contributed by atoms with van der Waals surface area (Å²) in [7, 11) is -3.70. The Morgan fingerprint density at radius 2 is 1.71 bits per heavy atom. The largest absolute Gasteiger partial charge is 0.460 e. The van der Waals surface area contributed by atoms with Crippen LogP contribution < -0.4 is 4.74 Å². The molecule has 0 aromatic heterocycles. The van der Waals surface area contributed by atoms with Crippen LogP contribution in [0.1, 0.15) is 32.1 Å². The van der Waals surface area contributed by atoms with E-state index in [1.807, 2.05) is 6.07 Å². The highest BCUT2D eigenvalue weighted by Crippen LogP contribution is 2.63. The minimum atomic E-state index is -3.70. The van der Waals surface area contributed by atoms with Gasteiger partial charge in [-0.2, -0.15) is 8.42 Å². The average Bonchev–Trinajstić information content (AvgIpc) is 3.09. The van der Waals surface area contributed by atoms with E-state index in [1.165, 1.54) is 19.3 Å². The highest BCUT2D eigenvalue weighted by atomic mass is 32.2. The molecular formula is C16H18O4S. The summed E-state index contributed by atoms with van der Waals surface area (Å²) in [5, 5.41) is 0. The van der Waals surface area contributed by atoms with Crippen molar-refractivity contribution in [3.05, 3.63) is 24.3 Å². The van der Waals surface area contributed by atoms with E-state index in [9.17, 15) is 8.42 Å². The number of benzene rings is 1. The summed E-state index contributed by atoms with van der Waals surface area (Å²) in [6.07, 6.45) is 5.38. The lowest BCUT2D eigenvalue weighted by molar-refractivity contribution is -0.120. The van der Waals surface area contributed by atoms with Gasteiger partial charge in [0, 0.05) is 12.8 Å². The summed E-state index contributed by atoms with van der Waals surface area (Å²) >= 11 is 0. The minimum Gasteiger partial charge on any atom is -0.460 e. The second-order valence-corrected chi connectivity index (χ2v) is 8.58. The second-order valence-electron chi connectivity index (χ2n) is 7.07. The lowest BCUT2D eigenvalue weighted by Gasteiger charge is -2.35. The number of para-hydroxylation sites is 1. The molecule has 1 aromatic carbocycles. The Morgan fingerprint density at radius 3 is 2.43 bits per heavy atom.